The molecule has 2 saturated heterocycles. The number of aliphatic hydroxyl groups is 1. The average molecular weight is 1060 g/mol. The van der Waals surface area contributed by atoms with E-state index in [1.165, 1.54) is 18.2 Å². The van der Waals surface area contributed by atoms with Gasteiger partial charge in [0.2, 0.25) is 18.2 Å². The third-order valence-corrected chi connectivity index (χ3v) is 14.6. The molecule has 2 aromatic carbocycles. The quantitative estimate of drug-likeness (QED) is 0.0928. The number of benzene rings is 2. The van der Waals surface area contributed by atoms with Crippen LogP contribution in [0.15, 0.2) is 66.3 Å². The number of hydrogen-bond donors (Lipinski definition) is 2. The lowest BCUT2D eigenvalue weighted by molar-refractivity contribution is -0.288. The number of carbonyl (C=O) groups is 7. The first-order valence-corrected chi connectivity index (χ1v) is 25.6. The lowest BCUT2D eigenvalue weighted by Crippen LogP contribution is -2.63. The van der Waals surface area contributed by atoms with Crippen LogP contribution >= 0.6 is 0 Å². The Morgan fingerprint density at radius 3 is 2.24 bits per heavy atom. The Morgan fingerprint density at radius 2 is 1.55 bits per heavy atom. The fourth-order valence-corrected chi connectivity index (χ4v) is 11.3. The van der Waals surface area contributed by atoms with Crippen LogP contribution in [0.25, 0.3) is 0 Å². The minimum Gasteiger partial charge on any atom is -0.486 e. The molecule has 5 aliphatic rings. The van der Waals surface area contributed by atoms with Crippen LogP contribution in [0.4, 0.5) is 10.5 Å². The van der Waals surface area contributed by atoms with E-state index in [9.17, 15) is 38.7 Å². The van der Waals surface area contributed by atoms with Gasteiger partial charge >= 0.3 is 30.0 Å². The molecule has 410 valence electrons. The van der Waals surface area contributed by atoms with Gasteiger partial charge in [0, 0.05) is 56.3 Å². The van der Waals surface area contributed by atoms with Crippen molar-refractivity contribution in [2.24, 2.45) is 23.2 Å². The van der Waals surface area contributed by atoms with Gasteiger partial charge in [-0.05, 0) is 98.9 Å². The normalized spacial score (nSPS) is 30.6. The molecule has 2 saturated carbocycles. The van der Waals surface area contributed by atoms with Crippen LogP contribution < -0.4 is 19.5 Å². The molecule has 20 heteroatoms. The Bertz CT molecular complexity index is 2590. The number of anilines is 1. The first kappa shape index (κ1) is 56.9. The van der Waals surface area contributed by atoms with E-state index in [2.05, 4.69) is 18.2 Å². The molecular formula is C56H67NO19. The van der Waals surface area contributed by atoms with E-state index in [4.69, 9.17) is 58.5 Å². The van der Waals surface area contributed by atoms with Crippen molar-refractivity contribution in [1.82, 2.24) is 0 Å². The number of ether oxygens (including phenoxy) is 11. The first-order valence-electron chi connectivity index (χ1n) is 25.6. The number of hydrogen-bond acceptors (Lipinski definition) is 19. The molecule has 0 spiro atoms. The highest BCUT2D eigenvalue weighted by atomic mass is 16.7. The molecule has 13 atom stereocenters. The second kappa shape index (κ2) is 24.9. The van der Waals surface area contributed by atoms with Crippen molar-refractivity contribution < 1.29 is 90.8 Å². The van der Waals surface area contributed by atoms with Crippen molar-refractivity contribution >= 4 is 47.2 Å². The Hall–Kier alpha value is -6.79. The zero-order valence-electron chi connectivity index (χ0n) is 43.8. The summed E-state index contributed by atoms with van der Waals surface area (Å²) in [4.78, 5) is 88.6. The number of Topliss-reactive ketones (excluding diaryl/α,β-unsaturated/α-hetero) is 1. The molecule has 4 fully saturated rings. The number of aliphatic hydroxyl groups excluding tert-OH is 1. The molecule has 20 nitrogen and oxygen atoms in total. The van der Waals surface area contributed by atoms with Crippen molar-refractivity contribution in [2.45, 2.75) is 155 Å². The summed E-state index contributed by atoms with van der Waals surface area (Å²) in [6.07, 6.45) is 5.37. The molecule has 0 bridgehead atoms. The van der Waals surface area contributed by atoms with Crippen molar-refractivity contribution in [3.63, 3.8) is 0 Å². The van der Waals surface area contributed by atoms with Crippen molar-refractivity contribution in [3.8, 4) is 29.6 Å². The molecule has 76 heavy (non-hydrogen) atoms. The van der Waals surface area contributed by atoms with Crippen LogP contribution in [0.5, 0.6) is 17.2 Å². The van der Waals surface area contributed by atoms with E-state index >= 15 is 0 Å². The van der Waals surface area contributed by atoms with Gasteiger partial charge in [-0.3, -0.25) is 34.1 Å². The van der Waals surface area contributed by atoms with E-state index < -0.39 is 103 Å². The predicted molar refractivity (Wildman–Crippen MR) is 267 cm³/mol. The van der Waals surface area contributed by atoms with Gasteiger partial charge in [0.05, 0.1) is 12.2 Å². The van der Waals surface area contributed by atoms with Gasteiger partial charge in [0.25, 0.3) is 0 Å². The maximum atomic E-state index is 14.6. The van der Waals surface area contributed by atoms with E-state index in [0.29, 0.717) is 36.3 Å². The predicted octanol–water partition coefficient (Wildman–Crippen LogP) is 6.42. The van der Waals surface area contributed by atoms with Crippen LogP contribution in [0.1, 0.15) is 99.0 Å². The van der Waals surface area contributed by atoms with Gasteiger partial charge in [0.1, 0.15) is 49.8 Å². The SMILES string of the molecule is C#CCOc1cc(O[C@@H]2O[C@H](COC(C)=O)[C@@H](OC(C)=O)[C@H](OC(C)=O)[C@H]2OC(C)=O)ccc1COC(=O)Nc1ccc(OCC(=O)[C@@]23OC(CCC)O[C@@H]2CC[C@@H]2CCC4=CC(=O)C=C[C@]4(C)[C@H]2[C@@H](O)C[C@@H]3C)cc1. The lowest BCUT2D eigenvalue weighted by Gasteiger charge is -2.49. The summed E-state index contributed by atoms with van der Waals surface area (Å²) in [6, 6.07) is 10.7. The molecule has 1 amide bonds. The number of terminal acetylenes is 1. The molecular weight excluding hydrogens is 991 g/mol. The second-order valence-electron chi connectivity index (χ2n) is 19.9. The number of rotatable bonds is 18. The summed E-state index contributed by atoms with van der Waals surface area (Å²) in [5.74, 6) is -1.00. The summed E-state index contributed by atoms with van der Waals surface area (Å²) >= 11 is 0. The molecule has 0 aromatic heterocycles. The van der Waals surface area contributed by atoms with Gasteiger partial charge in [-0.25, -0.2) is 4.79 Å². The summed E-state index contributed by atoms with van der Waals surface area (Å²) in [7, 11) is 0. The minimum absolute atomic E-state index is 0.0398. The molecule has 2 N–H and O–H groups in total. The molecule has 2 aromatic rings. The minimum atomic E-state index is -1.53. The summed E-state index contributed by atoms with van der Waals surface area (Å²) in [5, 5.41) is 14.7. The molecule has 7 rings (SSSR count). The first-order chi connectivity index (χ1) is 36.2. The fourth-order valence-electron chi connectivity index (χ4n) is 11.3. The van der Waals surface area contributed by atoms with E-state index in [0.717, 1.165) is 52.5 Å². The monoisotopic (exact) mass is 1060 g/mol. The second-order valence-corrected chi connectivity index (χ2v) is 19.9. The number of esters is 4. The highest BCUT2D eigenvalue weighted by Crippen LogP contribution is 2.56. The topological polar surface area (TPSA) is 253 Å². The van der Waals surface area contributed by atoms with Gasteiger partial charge in [-0.15, -0.1) is 6.42 Å². The van der Waals surface area contributed by atoms with Crippen LogP contribution in [-0.2, 0) is 73.3 Å². The molecule has 3 aliphatic carbocycles. The van der Waals surface area contributed by atoms with Crippen LogP contribution in [0.2, 0.25) is 0 Å². The zero-order chi connectivity index (χ0) is 54.9. The third kappa shape index (κ3) is 13.2. The van der Waals surface area contributed by atoms with Gasteiger partial charge in [-0.1, -0.05) is 44.8 Å². The number of fused-ring (bicyclic) bond motifs is 4. The van der Waals surface area contributed by atoms with Gasteiger partial charge in [-0.2, -0.15) is 0 Å². The standard InChI is InChI=1S/C56H67NO19/c1-9-11-48-75-47-21-14-36-12-15-38-26-40(62)22-23-55(38,8)49(36)43(63)25-31(3)56(47,76-48)46(64)30-68-41-19-16-39(17-20-41)57-54(65)69-28-37-13-18-42(27-44(37)66-24-10-2)73-53-52(72-35(7)61)51(71-34(6)60)50(70-33(5)59)45(74-53)29-67-32(4)58/h2,13,16-20,22-23,26-27,31,36,43,45,47-53,63H,9,11-12,14-15,21,24-25,28-30H2,1,3-8H3,(H,57,65)/t31-,36-,43-,45+,47+,48?,49+,50+,51-,52+,53+,55-,56+/m0/s1. The van der Waals surface area contributed by atoms with Crippen molar-refractivity contribution in [2.75, 3.05) is 25.1 Å². The smallest absolute Gasteiger partial charge is 0.411 e. The number of amides is 1. The van der Waals surface area contributed by atoms with E-state index in [-0.39, 0.29) is 61.1 Å². The molecule has 2 aliphatic heterocycles. The Balaban J connectivity index is 0.994. The van der Waals surface area contributed by atoms with Gasteiger partial charge < -0.3 is 57.2 Å². The van der Waals surface area contributed by atoms with E-state index in [1.54, 1.807) is 36.4 Å². The van der Waals surface area contributed by atoms with Gasteiger partial charge in [0.15, 0.2) is 29.9 Å². The van der Waals surface area contributed by atoms with Crippen LogP contribution in [0, 0.1) is 35.5 Å². The fraction of sp³-hybridized carbons (Fsp3) is 0.554. The summed E-state index contributed by atoms with van der Waals surface area (Å²) in [5.41, 5.74) is -0.121. The van der Waals surface area contributed by atoms with Crippen LogP contribution in [0.3, 0.4) is 0 Å². The molecule has 1 unspecified atom stereocenters. The highest BCUT2D eigenvalue weighted by molar-refractivity contribution is 6.01. The zero-order valence-corrected chi connectivity index (χ0v) is 43.8. The Morgan fingerprint density at radius 1 is 0.855 bits per heavy atom. The maximum absolute atomic E-state index is 14.6. The summed E-state index contributed by atoms with van der Waals surface area (Å²) in [6.45, 7) is 9.20. The number of allylic oxidation sites excluding steroid dienone is 4. The summed E-state index contributed by atoms with van der Waals surface area (Å²) < 4.78 is 64.3. The Labute approximate surface area is 441 Å². The van der Waals surface area contributed by atoms with Crippen molar-refractivity contribution in [3.05, 3.63) is 71.8 Å². The number of ketones is 2. The maximum Gasteiger partial charge on any atom is 0.411 e. The molecule has 0 radical (unpaired) electrons. The highest BCUT2D eigenvalue weighted by Gasteiger charge is 2.60. The third-order valence-electron chi connectivity index (χ3n) is 14.6. The average Bonchev–Trinajstić information content (AvgIpc) is 3.76. The largest absolute Gasteiger partial charge is 0.486 e. The van der Waals surface area contributed by atoms with Crippen LogP contribution in [-0.4, -0.2) is 121 Å². The molecule has 2 heterocycles. The van der Waals surface area contributed by atoms with Crippen molar-refractivity contribution in [1.29, 1.82) is 0 Å². The number of carbonyl (C=O) groups excluding carboxylic acids is 7. The lowest BCUT2D eigenvalue weighted by atomic mass is 9.55. The Kier molecular flexibility index (Phi) is 18.7. The van der Waals surface area contributed by atoms with E-state index in [1.807, 2.05) is 19.9 Å². The number of nitrogens with one attached hydrogen (secondary N) is 1.